The van der Waals surface area contributed by atoms with Crippen LogP contribution in [0.4, 0.5) is 9.59 Å². The molecule has 0 aliphatic carbocycles. The van der Waals surface area contributed by atoms with Crippen LogP contribution in [0, 0.1) is 16.2 Å². The Labute approximate surface area is 249 Å². The first-order valence-corrected chi connectivity index (χ1v) is 14.1. The third-order valence-corrected chi connectivity index (χ3v) is 6.09. The van der Waals surface area contributed by atoms with E-state index < -0.39 is 41.9 Å². The van der Waals surface area contributed by atoms with Crippen molar-refractivity contribution >= 4 is 24.2 Å². The highest BCUT2D eigenvalue weighted by Gasteiger charge is 2.31. The molecule has 0 aromatic heterocycles. The van der Waals surface area contributed by atoms with Gasteiger partial charge in [0.2, 0.25) is 0 Å². The molecule has 1 rings (SSSR count). The highest BCUT2D eigenvalue weighted by Crippen LogP contribution is 2.30. The molecule has 1 aromatic carbocycles. The van der Waals surface area contributed by atoms with Crippen LogP contribution in [0.15, 0.2) is 18.2 Å². The van der Waals surface area contributed by atoms with Crippen LogP contribution in [0.1, 0.15) is 88.1 Å². The second-order valence-electron chi connectivity index (χ2n) is 13.5. The standard InChI is InChI=1S/C31H49NO10/c1-12-31(10,11)26(34)40-20(3)19(2)39-25(33)22(32)15-21-13-14-23(41-27(35)37-17-29(4,5)6)24(16-21)42-28(36)38-18-30(7,8)9/h13-14,16,19-20,22H,12,15,17-18,32H2,1-11H3/t19-,20-,22-/m0/s1. The Hall–Kier alpha value is -3.34. The van der Waals surface area contributed by atoms with Gasteiger partial charge in [-0.05, 0) is 69.1 Å². The first-order chi connectivity index (χ1) is 19.1. The summed E-state index contributed by atoms with van der Waals surface area (Å²) in [7, 11) is 0. The Kier molecular flexibility index (Phi) is 13.3. The fourth-order valence-corrected chi connectivity index (χ4v) is 2.91. The third kappa shape index (κ3) is 13.5. The molecule has 0 saturated heterocycles. The van der Waals surface area contributed by atoms with E-state index in [1.54, 1.807) is 33.8 Å². The second kappa shape index (κ2) is 15.2. The number of hydrogen-bond donors (Lipinski definition) is 1. The lowest BCUT2D eigenvalue weighted by atomic mass is 9.90. The number of carbonyl (C=O) groups is 4. The van der Waals surface area contributed by atoms with Crippen LogP contribution in [-0.2, 0) is 35.0 Å². The molecule has 42 heavy (non-hydrogen) atoms. The number of nitrogens with two attached hydrogens (primary N) is 1. The molecule has 11 nitrogen and oxygen atoms in total. The van der Waals surface area contributed by atoms with Gasteiger partial charge in [0.25, 0.3) is 0 Å². The predicted octanol–water partition coefficient (Wildman–Crippen LogP) is 5.98. The quantitative estimate of drug-likeness (QED) is 0.173. The normalized spacial score (nSPS) is 14.2. The zero-order chi connectivity index (χ0) is 32.5. The van der Waals surface area contributed by atoms with Gasteiger partial charge in [0.15, 0.2) is 11.5 Å². The van der Waals surface area contributed by atoms with E-state index in [4.69, 9.17) is 34.2 Å². The Morgan fingerprint density at radius 1 is 0.762 bits per heavy atom. The minimum atomic E-state index is -1.09. The van der Waals surface area contributed by atoms with Gasteiger partial charge in [-0.1, -0.05) is 54.5 Å². The van der Waals surface area contributed by atoms with Crippen LogP contribution in [0.25, 0.3) is 0 Å². The first-order valence-electron chi connectivity index (χ1n) is 14.1. The van der Waals surface area contributed by atoms with Crippen molar-refractivity contribution in [2.75, 3.05) is 13.2 Å². The van der Waals surface area contributed by atoms with Crippen molar-refractivity contribution in [3.8, 4) is 11.5 Å². The molecule has 0 bridgehead atoms. The number of benzene rings is 1. The minimum absolute atomic E-state index is 0.00470. The third-order valence-electron chi connectivity index (χ3n) is 6.09. The zero-order valence-electron chi connectivity index (χ0n) is 27.0. The van der Waals surface area contributed by atoms with Gasteiger partial charge in [-0.3, -0.25) is 9.59 Å². The highest BCUT2D eigenvalue weighted by atomic mass is 16.7. The molecule has 0 fully saturated rings. The van der Waals surface area contributed by atoms with Crippen molar-refractivity contribution in [2.24, 2.45) is 22.0 Å². The summed E-state index contributed by atoms with van der Waals surface area (Å²) in [4.78, 5) is 49.8. The smallest absolute Gasteiger partial charge is 0.458 e. The summed E-state index contributed by atoms with van der Waals surface area (Å²) in [6, 6.07) is 3.29. The molecule has 0 amide bonds. The van der Waals surface area contributed by atoms with E-state index in [1.807, 2.05) is 48.5 Å². The van der Waals surface area contributed by atoms with Crippen LogP contribution in [0.5, 0.6) is 11.5 Å². The number of ether oxygens (including phenoxy) is 6. The summed E-state index contributed by atoms with van der Waals surface area (Å²) in [5.74, 6) is -1.30. The predicted molar refractivity (Wildman–Crippen MR) is 156 cm³/mol. The largest absolute Gasteiger partial charge is 0.513 e. The number of esters is 2. The monoisotopic (exact) mass is 595 g/mol. The van der Waals surface area contributed by atoms with E-state index >= 15 is 0 Å². The Balaban J connectivity index is 3.00. The Morgan fingerprint density at radius 3 is 1.71 bits per heavy atom. The lowest BCUT2D eigenvalue weighted by Crippen LogP contribution is -2.40. The summed E-state index contributed by atoms with van der Waals surface area (Å²) in [6.45, 7) is 20.2. The summed E-state index contributed by atoms with van der Waals surface area (Å²) in [5.41, 5.74) is 5.36. The fourth-order valence-electron chi connectivity index (χ4n) is 2.91. The van der Waals surface area contributed by atoms with Crippen molar-refractivity contribution in [2.45, 2.75) is 107 Å². The highest BCUT2D eigenvalue weighted by molar-refractivity contribution is 5.77. The molecule has 0 spiro atoms. The maximum Gasteiger partial charge on any atom is 0.513 e. The molecule has 0 aliphatic rings. The van der Waals surface area contributed by atoms with Crippen molar-refractivity contribution in [1.29, 1.82) is 0 Å². The van der Waals surface area contributed by atoms with Gasteiger partial charge < -0.3 is 34.2 Å². The van der Waals surface area contributed by atoms with Crippen LogP contribution in [-0.4, -0.2) is 55.7 Å². The average molecular weight is 596 g/mol. The van der Waals surface area contributed by atoms with Crippen LogP contribution in [0.3, 0.4) is 0 Å². The molecular formula is C31H49NO10. The topological polar surface area (TPSA) is 150 Å². The van der Waals surface area contributed by atoms with E-state index in [9.17, 15) is 19.2 Å². The molecule has 0 aliphatic heterocycles. The van der Waals surface area contributed by atoms with Gasteiger partial charge in [0.05, 0.1) is 18.6 Å². The van der Waals surface area contributed by atoms with Crippen molar-refractivity contribution in [3.05, 3.63) is 23.8 Å². The molecular weight excluding hydrogens is 546 g/mol. The maximum atomic E-state index is 12.7. The second-order valence-corrected chi connectivity index (χ2v) is 13.5. The van der Waals surface area contributed by atoms with Gasteiger partial charge >= 0.3 is 24.2 Å². The van der Waals surface area contributed by atoms with Crippen LogP contribution < -0.4 is 15.2 Å². The average Bonchev–Trinajstić information content (AvgIpc) is 2.86. The molecule has 11 heteroatoms. The van der Waals surface area contributed by atoms with Crippen molar-refractivity contribution in [1.82, 2.24) is 0 Å². The van der Waals surface area contributed by atoms with Crippen molar-refractivity contribution in [3.63, 3.8) is 0 Å². The lowest BCUT2D eigenvalue weighted by molar-refractivity contribution is -0.172. The summed E-state index contributed by atoms with van der Waals surface area (Å²) < 4.78 is 31.9. The molecule has 0 radical (unpaired) electrons. The Morgan fingerprint density at radius 2 is 1.24 bits per heavy atom. The van der Waals surface area contributed by atoms with Crippen LogP contribution >= 0.6 is 0 Å². The fraction of sp³-hybridized carbons (Fsp3) is 0.677. The molecule has 2 N–H and O–H groups in total. The summed E-state index contributed by atoms with van der Waals surface area (Å²) >= 11 is 0. The van der Waals surface area contributed by atoms with Gasteiger partial charge in [-0.25, -0.2) is 9.59 Å². The van der Waals surface area contributed by atoms with E-state index in [0.29, 0.717) is 12.0 Å². The van der Waals surface area contributed by atoms with Gasteiger partial charge in [0, 0.05) is 0 Å². The first kappa shape index (κ1) is 36.7. The summed E-state index contributed by atoms with van der Waals surface area (Å²) in [5, 5.41) is 0. The SMILES string of the molecule is CCC(C)(C)C(=O)O[C@@H](C)[C@H](C)OC(=O)[C@@H](N)Cc1ccc(OC(=O)OCC(C)(C)C)c(OC(=O)OCC(C)(C)C)c1. The number of carbonyl (C=O) groups excluding carboxylic acids is 4. The van der Waals surface area contributed by atoms with Gasteiger partial charge in [0.1, 0.15) is 18.2 Å². The molecule has 0 heterocycles. The van der Waals surface area contributed by atoms with E-state index in [-0.39, 0.29) is 47.9 Å². The zero-order valence-corrected chi connectivity index (χ0v) is 27.0. The molecule has 0 unspecified atom stereocenters. The minimum Gasteiger partial charge on any atom is -0.458 e. The van der Waals surface area contributed by atoms with E-state index in [0.717, 1.165) is 0 Å². The molecule has 1 aromatic rings. The van der Waals surface area contributed by atoms with Crippen LogP contribution in [0.2, 0.25) is 0 Å². The van der Waals surface area contributed by atoms with E-state index in [1.165, 1.54) is 12.1 Å². The molecule has 238 valence electrons. The Bertz CT molecular complexity index is 1080. The van der Waals surface area contributed by atoms with E-state index in [2.05, 4.69) is 0 Å². The lowest BCUT2D eigenvalue weighted by Gasteiger charge is -2.27. The molecule has 0 saturated carbocycles. The van der Waals surface area contributed by atoms with Crippen molar-refractivity contribution < 1.29 is 47.6 Å². The number of rotatable bonds is 12. The van der Waals surface area contributed by atoms with Gasteiger partial charge in [-0.15, -0.1) is 0 Å². The van der Waals surface area contributed by atoms with Gasteiger partial charge in [-0.2, -0.15) is 0 Å². The maximum absolute atomic E-state index is 12.7. The number of hydrogen-bond acceptors (Lipinski definition) is 11. The molecule has 3 atom stereocenters. The summed E-state index contributed by atoms with van der Waals surface area (Å²) in [6.07, 6.45) is -2.80.